The summed E-state index contributed by atoms with van der Waals surface area (Å²) < 4.78 is 34.8. The highest BCUT2D eigenvalue weighted by Gasteiger charge is 2.34. The lowest BCUT2D eigenvalue weighted by atomic mass is 10.1. The number of hydrogen-bond acceptors (Lipinski definition) is 5. The highest BCUT2D eigenvalue weighted by atomic mass is 35.5. The van der Waals surface area contributed by atoms with Crippen LogP contribution < -0.4 is 14.4 Å². The second kappa shape index (κ2) is 15.0. The molecule has 2 unspecified atom stereocenters. The van der Waals surface area contributed by atoms with Gasteiger partial charge < -0.3 is 15.0 Å². The molecule has 2 atom stereocenters. The number of ether oxygens (including phenoxy) is 1. The standard InChI is InChI=1S/C30H34Cl3N3O5S/c1-5-20(3)34-30(38)21(4)35(18-22-11-12-24(32)17-26(22)33)29(37)19-36(27-9-7-8-10-28(27)41-6-2)42(39,40)25-15-13-23(31)14-16-25/h7-17,20-21H,5-6,18-19H2,1-4H3,(H,34,38). The molecule has 0 aromatic heterocycles. The summed E-state index contributed by atoms with van der Waals surface area (Å²) in [6.45, 7) is 6.74. The van der Waals surface area contributed by atoms with Crippen LogP contribution in [0.5, 0.6) is 5.75 Å². The van der Waals surface area contributed by atoms with Crippen molar-refractivity contribution in [2.45, 2.75) is 57.6 Å². The highest BCUT2D eigenvalue weighted by Crippen LogP contribution is 2.33. The molecule has 42 heavy (non-hydrogen) atoms. The van der Waals surface area contributed by atoms with Gasteiger partial charge in [-0.3, -0.25) is 13.9 Å². The first-order valence-electron chi connectivity index (χ1n) is 13.4. The van der Waals surface area contributed by atoms with Crippen molar-refractivity contribution in [1.82, 2.24) is 10.2 Å². The van der Waals surface area contributed by atoms with Crippen molar-refractivity contribution >= 4 is 62.3 Å². The van der Waals surface area contributed by atoms with E-state index in [1.807, 2.05) is 13.8 Å². The van der Waals surface area contributed by atoms with Crippen molar-refractivity contribution < 1.29 is 22.7 Å². The minimum Gasteiger partial charge on any atom is -0.492 e. The van der Waals surface area contributed by atoms with E-state index in [-0.39, 0.29) is 41.4 Å². The van der Waals surface area contributed by atoms with Gasteiger partial charge in [-0.1, -0.05) is 59.9 Å². The third kappa shape index (κ3) is 8.31. The molecule has 3 aromatic carbocycles. The van der Waals surface area contributed by atoms with E-state index in [0.717, 1.165) is 4.31 Å². The molecule has 0 saturated heterocycles. The summed E-state index contributed by atoms with van der Waals surface area (Å²) in [5.41, 5.74) is 0.711. The van der Waals surface area contributed by atoms with Gasteiger partial charge in [0.2, 0.25) is 11.8 Å². The number of amides is 2. The molecular formula is C30H34Cl3N3O5S. The smallest absolute Gasteiger partial charge is 0.264 e. The van der Waals surface area contributed by atoms with Crippen molar-refractivity contribution in [3.8, 4) is 5.75 Å². The maximum absolute atomic E-state index is 14.1. The number of para-hydroxylation sites is 2. The summed E-state index contributed by atoms with van der Waals surface area (Å²) in [7, 11) is -4.29. The predicted octanol–water partition coefficient (Wildman–Crippen LogP) is 6.57. The van der Waals surface area contributed by atoms with Crippen LogP contribution in [0.2, 0.25) is 15.1 Å². The molecule has 8 nitrogen and oxygen atoms in total. The Morgan fingerprint density at radius 1 is 0.929 bits per heavy atom. The van der Waals surface area contributed by atoms with E-state index in [0.29, 0.717) is 27.1 Å². The van der Waals surface area contributed by atoms with Gasteiger partial charge in [-0.15, -0.1) is 0 Å². The quantitative estimate of drug-likeness (QED) is 0.225. The van der Waals surface area contributed by atoms with Gasteiger partial charge in [0.05, 0.1) is 17.2 Å². The second-order valence-electron chi connectivity index (χ2n) is 9.62. The summed E-state index contributed by atoms with van der Waals surface area (Å²) in [5.74, 6) is -0.735. The van der Waals surface area contributed by atoms with E-state index < -0.39 is 28.5 Å². The lowest BCUT2D eigenvalue weighted by molar-refractivity contribution is -0.139. The Morgan fingerprint density at radius 2 is 1.57 bits per heavy atom. The molecule has 0 bridgehead atoms. The van der Waals surface area contributed by atoms with Gasteiger partial charge >= 0.3 is 0 Å². The first kappa shape index (κ1) is 33.5. The van der Waals surface area contributed by atoms with Crippen LogP contribution in [-0.2, 0) is 26.2 Å². The van der Waals surface area contributed by atoms with Gasteiger partial charge in [0.1, 0.15) is 18.3 Å². The number of sulfonamides is 1. The van der Waals surface area contributed by atoms with Crippen LogP contribution in [0.4, 0.5) is 5.69 Å². The molecule has 0 aliphatic heterocycles. The number of rotatable bonds is 13. The topological polar surface area (TPSA) is 96.0 Å². The van der Waals surface area contributed by atoms with E-state index in [2.05, 4.69) is 5.32 Å². The molecule has 1 N–H and O–H groups in total. The third-order valence-electron chi connectivity index (χ3n) is 6.64. The number of anilines is 1. The molecule has 12 heteroatoms. The number of carbonyl (C=O) groups excluding carboxylic acids is 2. The summed E-state index contributed by atoms with van der Waals surface area (Å²) in [5, 5.41) is 3.98. The fourth-order valence-electron chi connectivity index (χ4n) is 4.07. The Bertz CT molecular complexity index is 1500. The second-order valence-corrected chi connectivity index (χ2v) is 12.8. The van der Waals surface area contributed by atoms with Gasteiger partial charge in [0.15, 0.2) is 0 Å². The van der Waals surface area contributed by atoms with Crippen LogP contribution in [0.1, 0.15) is 39.7 Å². The van der Waals surface area contributed by atoms with E-state index in [4.69, 9.17) is 39.5 Å². The van der Waals surface area contributed by atoms with Crippen molar-refractivity contribution in [2.24, 2.45) is 0 Å². The Labute approximate surface area is 262 Å². The molecule has 0 heterocycles. The number of nitrogens with zero attached hydrogens (tertiary/aromatic N) is 2. The Kier molecular flexibility index (Phi) is 11.9. The van der Waals surface area contributed by atoms with Crippen LogP contribution in [0.25, 0.3) is 0 Å². The summed E-state index contributed by atoms with van der Waals surface area (Å²) in [6, 6.07) is 15.9. The Balaban J connectivity index is 2.10. The molecule has 0 fully saturated rings. The molecule has 3 aromatic rings. The lowest BCUT2D eigenvalue weighted by Gasteiger charge is -2.33. The van der Waals surface area contributed by atoms with E-state index in [9.17, 15) is 18.0 Å². The Morgan fingerprint density at radius 3 is 2.19 bits per heavy atom. The fraction of sp³-hybridized carbons (Fsp3) is 0.333. The molecule has 0 aliphatic carbocycles. The van der Waals surface area contributed by atoms with Crippen LogP contribution >= 0.6 is 34.8 Å². The van der Waals surface area contributed by atoms with E-state index in [1.165, 1.54) is 29.2 Å². The Hall–Kier alpha value is -2.98. The van der Waals surface area contributed by atoms with E-state index >= 15 is 0 Å². The number of carbonyl (C=O) groups is 2. The fourth-order valence-corrected chi connectivity index (χ4v) is 6.09. The zero-order chi connectivity index (χ0) is 31.0. The average molecular weight is 655 g/mol. The molecule has 0 aliphatic rings. The maximum Gasteiger partial charge on any atom is 0.264 e. The third-order valence-corrected chi connectivity index (χ3v) is 9.25. The number of nitrogens with one attached hydrogen (secondary N) is 1. The SMILES string of the molecule is CCOc1ccccc1N(CC(=O)N(Cc1ccc(Cl)cc1Cl)C(C)C(=O)NC(C)CC)S(=O)(=O)c1ccc(Cl)cc1. The number of halogens is 3. The normalized spacial score (nSPS) is 12.7. The molecule has 3 rings (SSSR count). The molecule has 0 saturated carbocycles. The van der Waals surface area contributed by atoms with Crippen molar-refractivity contribution in [3.63, 3.8) is 0 Å². The number of hydrogen-bond donors (Lipinski definition) is 1. The summed E-state index contributed by atoms with van der Waals surface area (Å²) >= 11 is 18.5. The van der Waals surface area contributed by atoms with Gasteiger partial charge in [0.25, 0.3) is 10.0 Å². The van der Waals surface area contributed by atoms with Crippen LogP contribution in [0, 0.1) is 0 Å². The van der Waals surface area contributed by atoms with E-state index in [1.54, 1.807) is 56.3 Å². The van der Waals surface area contributed by atoms with Gasteiger partial charge in [-0.25, -0.2) is 8.42 Å². The zero-order valence-corrected chi connectivity index (χ0v) is 26.9. The summed E-state index contributed by atoms with van der Waals surface area (Å²) in [4.78, 5) is 28.6. The summed E-state index contributed by atoms with van der Waals surface area (Å²) in [6.07, 6.45) is 0.691. The van der Waals surface area contributed by atoms with Crippen molar-refractivity contribution in [1.29, 1.82) is 0 Å². The lowest BCUT2D eigenvalue weighted by Crippen LogP contribution is -2.52. The molecule has 0 spiro atoms. The minimum atomic E-state index is -4.29. The predicted molar refractivity (Wildman–Crippen MR) is 168 cm³/mol. The van der Waals surface area contributed by atoms with Gasteiger partial charge in [-0.2, -0.15) is 0 Å². The maximum atomic E-state index is 14.1. The largest absolute Gasteiger partial charge is 0.492 e. The first-order valence-corrected chi connectivity index (χ1v) is 16.0. The zero-order valence-electron chi connectivity index (χ0n) is 23.8. The first-order chi connectivity index (χ1) is 19.9. The van der Waals surface area contributed by atoms with Crippen LogP contribution in [-0.4, -0.2) is 50.4 Å². The molecule has 2 amide bonds. The van der Waals surface area contributed by atoms with Gasteiger partial charge in [-0.05, 0) is 81.3 Å². The van der Waals surface area contributed by atoms with Crippen molar-refractivity contribution in [3.05, 3.63) is 87.4 Å². The minimum absolute atomic E-state index is 0.0636. The molecule has 0 radical (unpaired) electrons. The van der Waals surface area contributed by atoms with Crippen molar-refractivity contribution in [2.75, 3.05) is 17.5 Å². The van der Waals surface area contributed by atoms with Crippen LogP contribution in [0.15, 0.2) is 71.6 Å². The monoisotopic (exact) mass is 653 g/mol. The highest BCUT2D eigenvalue weighted by molar-refractivity contribution is 7.92. The van der Waals surface area contributed by atoms with Gasteiger partial charge in [0, 0.05) is 27.7 Å². The van der Waals surface area contributed by atoms with Crippen LogP contribution in [0.3, 0.4) is 0 Å². The molecule has 226 valence electrons. The molecular weight excluding hydrogens is 621 g/mol. The number of benzene rings is 3. The average Bonchev–Trinajstić information content (AvgIpc) is 2.95.